The predicted octanol–water partition coefficient (Wildman–Crippen LogP) is 2.29. The van der Waals surface area contributed by atoms with E-state index in [1.54, 1.807) is 13.2 Å². The van der Waals surface area contributed by atoms with Crippen molar-refractivity contribution in [3.05, 3.63) is 64.5 Å². The molecule has 8 heteroatoms. The lowest BCUT2D eigenvalue weighted by atomic mass is 10.1. The minimum atomic E-state index is -0.630. The third-order valence-electron chi connectivity index (χ3n) is 5.90. The van der Waals surface area contributed by atoms with E-state index in [0.29, 0.717) is 55.6 Å². The Morgan fingerprint density at radius 3 is 2.62 bits per heavy atom. The number of ether oxygens (including phenoxy) is 3. The van der Waals surface area contributed by atoms with E-state index in [9.17, 15) is 9.59 Å². The van der Waals surface area contributed by atoms with E-state index in [2.05, 4.69) is 4.90 Å². The summed E-state index contributed by atoms with van der Waals surface area (Å²) in [6.07, 6.45) is -0.630. The van der Waals surface area contributed by atoms with Crippen LogP contribution in [-0.4, -0.2) is 61.7 Å². The van der Waals surface area contributed by atoms with E-state index < -0.39 is 6.10 Å². The number of amides is 1. The molecule has 0 radical (unpaired) electrons. The second kappa shape index (κ2) is 8.55. The highest BCUT2D eigenvalue weighted by atomic mass is 16.6. The second-order valence-corrected chi connectivity index (χ2v) is 7.92. The molecule has 3 heterocycles. The van der Waals surface area contributed by atoms with Crippen LogP contribution in [0.15, 0.2) is 57.7 Å². The van der Waals surface area contributed by atoms with Crippen LogP contribution in [0.2, 0.25) is 0 Å². The summed E-state index contributed by atoms with van der Waals surface area (Å²) in [6.45, 7) is 3.40. The molecule has 0 N–H and O–H groups in total. The standard InChI is InChI=1S/C24H24N2O6/c1-29-17-6-7-18-16(12-23(27)32-21(18)13-17)14-25-8-10-26(11-9-25)24(28)22-15-30-19-4-2-3-5-20(19)31-22/h2-7,12-13,22H,8-11,14-15H2,1H3. The highest BCUT2D eigenvalue weighted by Gasteiger charge is 2.32. The first kappa shape index (κ1) is 20.4. The van der Waals surface area contributed by atoms with Gasteiger partial charge in [-0.2, -0.15) is 0 Å². The maximum atomic E-state index is 12.9. The van der Waals surface area contributed by atoms with Crippen LogP contribution in [-0.2, 0) is 11.3 Å². The maximum absolute atomic E-state index is 12.9. The van der Waals surface area contributed by atoms with Crippen molar-refractivity contribution in [3.63, 3.8) is 0 Å². The van der Waals surface area contributed by atoms with Gasteiger partial charge in [0.1, 0.15) is 17.9 Å². The number of rotatable bonds is 4. The van der Waals surface area contributed by atoms with Gasteiger partial charge < -0.3 is 23.5 Å². The zero-order chi connectivity index (χ0) is 22.1. The Balaban J connectivity index is 1.23. The topological polar surface area (TPSA) is 81.5 Å². The number of methoxy groups -OCH3 is 1. The summed E-state index contributed by atoms with van der Waals surface area (Å²) in [7, 11) is 1.58. The molecule has 3 aromatic rings. The summed E-state index contributed by atoms with van der Waals surface area (Å²) in [5, 5.41) is 0.885. The second-order valence-electron chi connectivity index (χ2n) is 7.92. The highest BCUT2D eigenvalue weighted by Crippen LogP contribution is 2.31. The zero-order valence-corrected chi connectivity index (χ0v) is 17.8. The predicted molar refractivity (Wildman–Crippen MR) is 117 cm³/mol. The minimum absolute atomic E-state index is 0.0583. The Kier molecular flexibility index (Phi) is 5.45. The lowest BCUT2D eigenvalue weighted by Crippen LogP contribution is -2.53. The molecule has 8 nitrogen and oxygen atoms in total. The maximum Gasteiger partial charge on any atom is 0.336 e. The average molecular weight is 436 g/mol. The quantitative estimate of drug-likeness (QED) is 0.581. The van der Waals surface area contributed by atoms with Crippen molar-refractivity contribution in [2.24, 2.45) is 0 Å². The third-order valence-corrected chi connectivity index (χ3v) is 5.90. The van der Waals surface area contributed by atoms with Gasteiger partial charge in [-0.3, -0.25) is 9.69 Å². The number of fused-ring (bicyclic) bond motifs is 2. The van der Waals surface area contributed by atoms with Gasteiger partial charge in [-0.25, -0.2) is 4.79 Å². The molecule has 5 rings (SSSR count). The van der Waals surface area contributed by atoms with E-state index in [4.69, 9.17) is 18.6 Å². The van der Waals surface area contributed by atoms with Crippen LogP contribution in [0, 0.1) is 0 Å². The van der Waals surface area contributed by atoms with Gasteiger partial charge >= 0.3 is 5.63 Å². The van der Waals surface area contributed by atoms with Gasteiger partial charge in [-0.15, -0.1) is 0 Å². The number of benzene rings is 2. The number of nitrogens with zero attached hydrogens (tertiary/aromatic N) is 2. The van der Waals surface area contributed by atoms with E-state index in [1.165, 1.54) is 6.07 Å². The molecule has 2 aromatic carbocycles. The molecule has 1 fully saturated rings. The van der Waals surface area contributed by atoms with Crippen molar-refractivity contribution in [2.75, 3.05) is 39.9 Å². The molecule has 1 atom stereocenters. The van der Waals surface area contributed by atoms with Gasteiger partial charge in [0.2, 0.25) is 6.10 Å². The van der Waals surface area contributed by atoms with E-state index in [1.807, 2.05) is 41.3 Å². The highest BCUT2D eigenvalue weighted by molar-refractivity contribution is 5.82. The lowest BCUT2D eigenvalue weighted by molar-refractivity contribution is -0.143. The van der Waals surface area contributed by atoms with Crippen molar-refractivity contribution >= 4 is 16.9 Å². The molecule has 2 aliphatic rings. The Bertz CT molecular complexity index is 1200. The monoisotopic (exact) mass is 436 g/mol. The van der Waals surface area contributed by atoms with Crippen LogP contribution in [0.25, 0.3) is 11.0 Å². The Labute approximate surface area is 184 Å². The van der Waals surface area contributed by atoms with Crippen LogP contribution >= 0.6 is 0 Å². The Hall–Kier alpha value is -3.52. The molecule has 1 amide bonds. The van der Waals surface area contributed by atoms with Crippen molar-refractivity contribution < 1.29 is 23.4 Å². The fourth-order valence-electron chi connectivity index (χ4n) is 4.18. The Morgan fingerprint density at radius 2 is 1.84 bits per heavy atom. The van der Waals surface area contributed by atoms with Crippen LogP contribution in [0.5, 0.6) is 17.2 Å². The number of piperazine rings is 1. The van der Waals surface area contributed by atoms with Gasteiger partial charge in [0.25, 0.3) is 5.91 Å². The van der Waals surface area contributed by atoms with Crippen LogP contribution < -0.4 is 19.8 Å². The summed E-state index contributed by atoms with van der Waals surface area (Å²) >= 11 is 0. The SMILES string of the molecule is COc1ccc2c(CN3CCN(C(=O)C4COc5ccccc5O4)CC3)cc(=O)oc2c1. The van der Waals surface area contributed by atoms with Gasteiger partial charge in [-0.1, -0.05) is 12.1 Å². The number of para-hydroxylation sites is 2. The van der Waals surface area contributed by atoms with Crippen molar-refractivity contribution in [1.29, 1.82) is 0 Å². The van der Waals surface area contributed by atoms with Gasteiger partial charge in [0.15, 0.2) is 11.5 Å². The first-order chi connectivity index (χ1) is 15.6. The largest absolute Gasteiger partial charge is 0.497 e. The molecule has 0 bridgehead atoms. The smallest absolute Gasteiger partial charge is 0.336 e. The van der Waals surface area contributed by atoms with Crippen LogP contribution in [0.1, 0.15) is 5.56 Å². The number of hydrogen-bond acceptors (Lipinski definition) is 7. The van der Waals surface area contributed by atoms with Gasteiger partial charge in [0, 0.05) is 50.2 Å². The van der Waals surface area contributed by atoms with E-state index in [0.717, 1.165) is 10.9 Å². The van der Waals surface area contributed by atoms with Crippen molar-refractivity contribution in [1.82, 2.24) is 9.80 Å². The molecule has 0 saturated carbocycles. The van der Waals surface area contributed by atoms with Gasteiger partial charge in [0.05, 0.1) is 7.11 Å². The summed E-state index contributed by atoms with van der Waals surface area (Å²) in [4.78, 5) is 29.0. The molecule has 0 aliphatic carbocycles. The molecule has 1 aromatic heterocycles. The number of hydrogen-bond donors (Lipinski definition) is 0. The fourth-order valence-corrected chi connectivity index (χ4v) is 4.18. The minimum Gasteiger partial charge on any atom is -0.497 e. The zero-order valence-electron chi connectivity index (χ0n) is 17.8. The molecule has 166 valence electrons. The molecule has 1 saturated heterocycles. The molecule has 2 aliphatic heterocycles. The number of carbonyl (C=O) groups is 1. The summed E-state index contributed by atoms with van der Waals surface area (Å²) in [5.74, 6) is 1.85. The first-order valence-corrected chi connectivity index (χ1v) is 10.6. The average Bonchev–Trinajstić information content (AvgIpc) is 2.83. The first-order valence-electron chi connectivity index (χ1n) is 10.6. The molecule has 0 spiro atoms. The Morgan fingerprint density at radius 1 is 1.06 bits per heavy atom. The normalized spacial score (nSPS) is 18.5. The molecule has 1 unspecified atom stereocenters. The van der Waals surface area contributed by atoms with Gasteiger partial charge in [-0.05, 0) is 29.8 Å². The van der Waals surface area contributed by atoms with Crippen molar-refractivity contribution in [2.45, 2.75) is 12.6 Å². The third kappa shape index (κ3) is 4.01. The van der Waals surface area contributed by atoms with Crippen LogP contribution in [0.4, 0.5) is 0 Å². The molecular weight excluding hydrogens is 412 g/mol. The van der Waals surface area contributed by atoms with E-state index >= 15 is 0 Å². The molecular formula is C24H24N2O6. The van der Waals surface area contributed by atoms with Crippen molar-refractivity contribution in [3.8, 4) is 17.2 Å². The molecule has 32 heavy (non-hydrogen) atoms. The number of carbonyl (C=O) groups excluding carboxylic acids is 1. The summed E-state index contributed by atoms with van der Waals surface area (Å²) in [5.41, 5.74) is 1.03. The van der Waals surface area contributed by atoms with Crippen LogP contribution in [0.3, 0.4) is 0 Å². The fraction of sp³-hybridized carbons (Fsp3) is 0.333. The summed E-state index contributed by atoms with van der Waals surface area (Å²) < 4.78 is 22.1. The van der Waals surface area contributed by atoms with E-state index in [-0.39, 0.29) is 18.1 Å². The lowest BCUT2D eigenvalue weighted by Gasteiger charge is -2.37. The summed E-state index contributed by atoms with van der Waals surface area (Å²) in [6, 6.07) is 14.4.